The van der Waals surface area contributed by atoms with Crippen LogP contribution >= 0.6 is 11.3 Å². The predicted molar refractivity (Wildman–Crippen MR) is 109 cm³/mol. The maximum absolute atomic E-state index is 13.0. The van der Waals surface area contributed by atoms with Gasteiger partial charge in [0.2, 0.25) is 5.91 Å². The smallest absolute Gasteiger partial charge is 0.241 e. The Balaban J connectivity index is 1.59. The van der Waals surface area contributed by atoms with Gasteiger partial charge in [0.1, 0.15) is 0 Å². The fourth-order valence-electron chi connectivity index (χ4n) is 4.14. The summed E-state index contributed by atoms with van der Waals surface area (Å²) in [4.78, 5) is 18.0. The van der Waals surface area contributed by atoms with Crippen LogP contribution in [0, 0.1) is 0 Å². The molecule has 2 atom stereocenters. The van der Waals surface area contributed by atoms with E-state index in [1.165, 1.54) is 10.4 Å². The summed E-state index contributed by atoms with van der Waals surface area (Å²) < 4.78 is 24.8. The minimum atomic E-state index is -3.14. The van der Waals surface area contributed by atoms with Crippen LogP contribution in [0.4, 0.5) is 5.69 Å². The van der Waals surface area contributed by atoms with E-state index in [4.69, 9.17) is 0 Å². The first kappa shape index (κ1) is 18.7. The molecule has 1 amide bonds. The molecule has 0 N–H and O–H groups in total. The summed E-state index contributed by atoms with van der Waals surface area (Å²) in [5.74, 6) is 0.177. The van der Waals surface area contributed by atoms with E-state index < -0.39 is 9.84 Å². The Hall–Kier alpha value is -1.70. The molecule has 0 saturated carbocycles. The highest BCUT2D eigenvalue weighted by atomic mass is 32.2. The highest BCUT2D eigenvalue weighted by Crippen LogP contribution is 2.32. The van der Waals surface area contributed by atoms with E-state index in [1.54, 1.807) is 16.2 Å². The van der Waals surface area contributed by atoms with Gasteiger partial charge in [-0.25, -0.2) is 8.42 Å². The van der Waals surface area contributed by atoms with Gasteiger partial charge >= 0.3 is 0 Å². The molecule has 2 aliphatic heterocycles. The topological polar surface area (TPSA) is 57.7 Å². The number of benzene rings is 1. The fourth-order valence-corrected chi connectivity index (χ4v) is 6.82. The van der Waals surface area contributed by atoms with Crippen LogP contribution in [0.1, 0.15) is 17.4 Å². The molecule has 7 heteroatoms. The number of nitrogens with zero attached hydrogens (tertiary/aromatic N) is 2. The summed E-state index contributed by atoms with van der Waals surface area (Å²) in [6, 6.07) is 11.6. The van der Waals surface area contributed by atoms with Crippen molar-refractivity contribution in [3.05, 3.63) is 52.2 Å². The highest BCUT2D eigenvalue weighted by molar-refractivity contribution is 7.91. The number of piperazine rings is 1. The molecule has 1 aromatic heterocycles. The normalized spacial score (nSPS) is 24.9. The number of hydrogen-bond donors (Lipinski definition) is 0. The third kappa shape index (κ3) is 3.81. The second-order valence-electron chi connectivity index (χ2n) is 7.30. The standard InChI is InChI=1S/C20H24N2O3S2/c1-2-15-5-7-16(8-6-15)22-19-14-27(24,25)13-18(19)21(12-20(22)23)10-9-17-4-3-11-26-17/h3-8,11,18-19H,2,9-10,12-14H2,1H3. The first-order valence-corrected chi connectivity index (χ1v) is 12.0. The van der Waals surface area contributed by atoms with Gasteiger partial charge in [0.25, 0.3) is 0 Å². The first-order chi connectivity index (χ1) is 13.0. The zero-order chi connectivity index (χ0) is 19.0. The molecule has 2 saturated heterocycles. The maximum Gasteiger partial charge on any atom is 0.241 e. The zero-order valence-electron chi connectivity index (χ0n) is 15.4. The van der Waals surface area contributed by atoms with E-state index in [0.29, 0.717) is 6.54 Å². The van der Waals surface area contributed by atoms with E-state index in [1.807, 2.05) is 35.7 Å². The molecule has 0 spiro atoms. The maximum atomic E-state index is 13.0. The van der Waals surface area contributed by atoms with Gasteiger partial charge in [-0.15, -0.1) is 11.3 Å². The number of carbonyl (C=O) groups is 1. The van der Waals surface area contributed by atoms with Crippen molar-refractivity contribution in [3.8, 4) is 0 Å². The Bertz CT molecular complexity index is 907. The van der Waals surface area contributed by atoms with E-state index >= 15 is 0 Å². The molecule has 3 heterocycles. The van der Waals surface area contributed by atoms with Gasteiger partial charge in [-0.05, 0) is 42.0 Å². The molecule has 0 bridgehead atoms. The van der Waals surface area contributed by atoms with E-state index in [2.05, 4.69) is 17.9 Å². The van der Waals surface area contributed by atoms with Gasteiger partial charge in [0.05, 0.1) is 24.1 Å². The van der Waals surface area contributed by atoms with Crippen LogP contribution in [0.3, 0.4) is 0 Å². The lowest BCUT2D eigenvalue weighted by atomic mass is 10.0. The molecule has 0 radical (unpaired) electrons. The molecule has 2 unspecified atom stereocenters. The lowest BCUT2D eigenvalue weighted by molar-refractivity contribution is -0.123. The number of aryl methyl sites for hydroxylation is 1. The molecule has 2 fully saturated rings. The summed E-state index contributed by atoms with van der Waals surface area (Å²) >= 11 is 1.70. The molecule has 2 aliphatic rings. The Morgan fingerprint density at radius 3 is 2.52 bits per heavy atom. The molecule has 1 aromatic carbocycles. The van der Waals surface area contributed by atoms with Gasteiger partial charge in [0, 0.05) is 23.2 Å². The summed E-state index contributed by atoms with van der Waals surface area (Å²) in [5, 5.41) is 2.04. The third-order valence-electron chi connectivity index (χ3n) is 5.55. The van der Waals surface area contributed by atoms with Crippen molar-refractivity contribution >= 4 is 32.8 Å². The van der Waals surface area contributed by atoms with Gasteiger partial charge in [-0.3, -0.25) is 9.69 Å². The van der Waals surface area contributed by atoms with Crippen LogP contribution in [0.15, 0.2) is 41.8 Å². The minimum absolute atomic E-state index is 0.0104. The first-order valence-electron chi connectivity index (χ1n) is 9.35. The molecule has 2 aromatic rings. The minimum Gasteiger partial charge on any atom is -0.306 e. The van der Waals surface area contributed by atoms with Crippen molar-refractivity contribution in [3.63, 3.8) is 0 Å². The Labute approximate surface area is 164 Å². The van der Waals surface area contributed by atoms with Crippen LogP contribution in [-0.2, 0) is 27.5 Å². The van der Waals surface area contributed by atoms with Crippen LogP contribution in [0.25, 0.3) is 0 Å². The lowest BCUT2D eigenvalue weighted by Gasteiger charge is -2.43. The number of anilines is 1. The Morgan fingerprint density at radius 2 is 1.85 bits per heavy atom. The largest absolute Gasteiger partial charge is 0.306 e. The van der Waals surface area contributed by atoms with Crippen molar-refractivity contribution in [2.24, 2.45) is 0 Å². The highest BCUT2D eigenvalue weighted by Gasteiger charge is 2.49. The number of rotatable bonds is 5. The molecular weight excluding hydrogens is 380 g/mol. The number of sulfone groups is 1. The SMILES string of the molecule is CCc1ccc(N2C(=O)CN(CCc3cccs3)C3CS(=O)(=O)CC32)cc1. The summed E-state index contributed by atoms with van der Waals surface area (Å²) in [5.41, 5.74) is 2.01. The van der Waals surface area contributed by atoms with Gasteiger partial charge in [-0.2, -0.15) is 0 Å². The van der Waals surface area contributed by atoms with Crippen molar-refractivity contribution in [2.45, 2.75) is 31.8 Å². The lowest BCUT2D eigenvalue weighted by Crippen LogP contribution is -2.62. The average molecular weight is 405 g/mol. The Kier molecular flexibility index (Phi) is 5.09. The second-order valence-corrected chi connectivity index (χ2v) is 10.5. The number of amides is 1. The fraction of sp³-hybridized carbons (Fsp3) is 0.450. The van der Waals surface area contributed by atoms with E-state index in [0.717, 1.165) is 18.5 Å². The van der Waals surface area contributed by atoms with E-state index in [9.17, 15) is 13.2 Å². The molecule has 5 nitrogen and oxygen atoms in total. The summed E-state index contributed by atoms with van der Waals surface area (Å²) in [7, 11) is -3.14. The third-order valence-corrected chi connectivity index (χ3v) is 8.18. The summed E-state index contributed by atoms with van der Waals surface area (Å²) in [6.07, 6.45) is 1.78. The number of carbonyl (C=O) groups excluding carboxylic acids is 1. The molecular formula is C20H24N2O3S2. The Morgan fingerprint density at radius 1 is 1.11 bits per heavy atom. The molecule has 27 heavy (non-hydrogen) atoms. The van der Waals surface area contributed by atoms with Crippen LogP contribution in [-0.4, -0.2) is 55.9 Å². The second kappa shape index (κ2) is 7.37. The van der Waals surface area contributed by atoms with Crippen molar-refractivity contribution in [1.82, 2.24) is 4.90 Å². The van der Waals surface area contributed by atoms with Gasteiger partial charge in [-0.1, -0.05) is 25.1 Å². The number of hydrogen-bond acceptors (Lipinski definition) is 5. The van der Waals surface area contributed by atoms with Gasteiger partial charge < -0.3 is 4.90 Å². The van der Waals surface area contributed by atoms with Gasteiger partial charge in [0.15, 0.2) is 9.84 Å². The van der Waals surface area contributed by atoms with Crippen LogP contribution in [0.5, 0.6) is 0 Å². The van der Waals surface area contributed by atoms with Crippen molar-refractivity contribution in [1.29, 1.82) is 0 Å². The number of fused-ring (bicyclic) bond motifs is 1. The van der Waals surface area contributed by atoms with Crippen LogP contribution < -0.4 is 4.90 Å². The number of thiophene rings is 1. The monoisotopic (exact) mass is 404 g/mol. The van der Waals surface area contributed by atoms with E-state index in [-0.39, 0.29) is 36.0 Å². The molecule has 0 aliphatic carbocycles. The van der Waals surface area contributed by atoms with Crippen molar-refractivity contribution < 1.29 is 13.2 Å². The summed E-state index contributed by atoms with van der Waals surface area (Å²) in [6.45, 7) is 3.08. The quantitative estimate of drug-likeness (QED) is 0.768. The molecule has 4 rings (SSSR count). The average Bonchev–Trinajstić information content (AvgIpc) is 3.26. The predicted octanol–water partition coefficient (Wildman–Crippen LogP) is 2.37. The molecule has 144 valence electrons. The zero-order valence-corrected chi connectivity index (χ0v) is 17.0. The van der Waals surface area contributed by atoms with Crippen molar-refractivity contribution in [2.75, 3.05) is 29.5 Å². The van der Waals surface area contributed by atoms with Crippen LogP contribution in [0.2, 0.25) is 0 Å².